The Balaban J connectivity index is 1.93. The zero-order valence-electron chi connectivity index (χ0n) is 16.0. The van der Waals surface area contributed by atoms with Crippen LogP contribution in [0.5, 0.6) is 11.5 Å². The lowest BCUT2D eigenvalue weighted by Crippen LogP contribution is -2.37. The lowest BCUT2D eigenvalue weighted by molar-refractivity contribution is -0.131. The van der Waals surface area contributed by atoms with Crippen LogP contribution in [0.2, 0.25) is 0 Å². The second kappa shape index (κ2) is 10.7. The topological polar surface area (TPSA) is 80.8 Å². The van der Waals surface area contributed by atoms with Crippen molar-refractivity contribution in [3.8, 4) is 11.5 Å². The van der Waals surface area contributed by atoms with Gasteiger partial charge in [0.15, 0.2) is 11.5 Å². The molecule has 154 valence electrons. The minimum atomic E-state index is -3.04. The third-order valence-electron chi connectivity index (χ3n) is 3.83. The van der Waals surface area contributed by atoms with Gasteiger partial charge in [-0.05, 0) is 23.8 Å². The Morgan fingerprint density at radius 1 is 1.28 bits per heavy atom. The van der Waals surface area contributed by atoms with Gasteiger partial charge in [-0.3, -0.25) is 14.6 Å². The SMILES string of the molecule is COc1cccc(/C=C\C(=O)NCC(=O)N(C)Cc2cccnc2)c1OC(F)F. The molecule has 0 fully saturated rings. The minimum absolute atomic E-state index is 0.111. The van der Waals surface area contributed by atoms with Gasteiger partial charge in [0.1, 0.15) is 0 Å². The maximum atomic E-state index is 12.6. The molecule has 0 unspecified atom stereocenters. The summed E-state index contributed by atoms with van der Waals surface area (Å²) in [5.74, 6) is -0.918. The second-order valence-electron chi connectivity index (χ2n) is 5.92. The molecule has 1 heterocycles. The molecule has 0 aliphatic heterocycles. The third kappa shape index (κ3) is 6.87. The number of alkyl halides is 2. The molecule has 0 bridgehead atoms. The molecule has 2 amide bonds. The summed E-state index contributed by atoms with van der Waals surface area (Å²) in [4.78, 5) is 29.6. The van der Waals surface area contributed by atoms with E-state index in [-0.39, 0.29) is 29.5 Å². The van der Waals surface area contributed by atoms with Crippen LogP contribution in [0.15, 0.2) is 48.8 Å². The molecule has 1 aromatic heterocycles. The highest BCUT2D eigenvalue weighted by Gasteiger charge is 2.14. The van der Waals surface area contributed by atoms with E-state index in [9.17, 15) is 18.4 Å². The van der Waals surface area contributed by atoms with Crippen molar-refractivity contribution in [1.82, 2.24) is 15.2 Å². The van der Waals surface area contributed by atoms with Crippen molar-refractivity contribution in [3.63, 3.8) is 0 Å². The number of rotatable bonds is 9. The van der Waals surface area contributed by atoms with Crippen molar-refractivity contribution in [1.29, 1.82) is 0 Å². The van der Waals surface area contributed by atoms with Gasteiger partial charge in [0.05, 0.1) is 13.7 Å². The Kier molecular flexibility index (Phi) is 8.08. The number of para-hydroxylation sites is 1. The normalized spacial score (nSPS) is 10.8. The molecule has 0 aliphatic carbocycles. The van der Waals surface area contributed by atoms with Gasteiger partial charge < -0.3 is 19.7 Å². The summed E-state index contributed by atoms with van der Waals surface area (Å²) in [6.45, 7) is -2.89. The first-order valence-corrected chi connectivity index (χ1v) is 8.61. The lowest BCUT2D eigenvalue weighted by Gasteiger charge is -2.17. The molecule has 2 aromatic rings. The summed E-state index contributed by atoms with van der Waals surface area (Å²) >= 11 is 0. The Labute approximate surface area is 166 Å². The first-order valence-electron chi connectivity index (χ1n) is 8.61. The molecule has 1 N–H and O–H groups in total. The molecular weight excluding hydrogens is 384 g/mol. The zero-order valence-corrected chi connectivity index (χ0v) is 16.0. The summed E-state index contributed by atoms with van der Waals surface area (Å²) in [5.41, 5.74) is 1.10. The number of amides is 2. The Morgan fingerprint density at radius 2 is 2.07 bits per heavy atom. The monoisotopic (exact) mass is 405 g/mol. The van der Waals surface area contributed by atoms with Crippen molar-refractivity contribution in [2.75, 3.05) is 20.7 Å². The fourth-order valence-corrected chi connectivity index (χ4v) is 2.42. The van der Waals surface area contributed by atoms with Gasteiger partial charge in [0.2, 0.25) is 11.8 Å². The fraction of sp³-hybridized carbons (Fsp3) is 0.250. The van der Waals surface area contributed by atoms with Gasteiger partial charge in [-0.25, -0.2) is 0 Å². The number of methoxy groups -OCH3 is 1. The number of likely N-dealkylation sites (N-methyl/N-ethyl adjacent to an activating group) is 1. The van der Waals surface area contributed by atoms with E-state index >= 15 is 0 Å². The summed E-state index contributed by atoms with van der Waals surface area (Å²) in [7, 11) is 2.93. The van der Waals surface area contributed by atoms with Crippen molar-refractivity contribution in [2.45, 2.75) is 13.2 Å². The first kappa shape index (κ1) is 21.8. The van der Waals surface area contributed by atoms with E-state index in [2.05, 4.69) is 15.0 Å². The highest BCUT2D eigenvalue weighted by Crippen LogP contribution is 2.33. The van der Waals surface area contributed by atoms with Crippen LogP contribution in [0.3, 0.4) is 0 Å². The van der Waals surface area contributed by atoms with Gasteiger partial charge >= 0.3 is 6.61 Å². The van der Waals surface area contributed by atoms with E-state index in [1.54, 1.807) is 31.6 Å². The molecule has 0 spiro atoms. The number of nitrogens with zero attached hydrogens (tertiary/aromatic N) is 2. The molecule has 0 radical (unpaired) electrons. The van der Waals surface area contributed by atoms with Crippen LogP contribution in [-0.4, -0.2) is 49.0 Å². The van der Waals surface area contributed by atoms with E-state index in [1.165, 1.54) is 30.2 Å². The van der Waals surface area contributed by atoms with Crippen molar-refractivity contribution < 1.29 is 27.8 Å². The minimum Gasteiger partial charge on any atom is -0.493 e. The second-order valence-corrected chi connectivity index (χ2v) is 5.92. The molecule has 0 atom stereocenters. The standard InChI is InChI=1S/C20H21F2N3O4/c1-25(13-14-5-4-10-23-11-14)18(27)12-24-17(26)9-8-15-6-3-7-16(28-2)19(15)29-20(21)22/h3-11,20H,12-13H2,1-2H3,(H,24,26)/b9-8-. The number of carbonyl (C=O) groups is 2. The maximum absolute atomic E-state index is 12.6. The number of benzene rings is 1. The molecule has 2 rings (SSSR count). The van der Waals surface area contributed by atoms with E-state index in [0.717, 1.165) is 11.6 Å². The van der Waals surface area contributed by atoms with Crippen LogP contribution in [0.4, 0.5) is 8.78 Å². The average molecular weight is 405 g/mol. The highest BCUT2D eigenvalue weighted by atomic mass is 19.3. The van der Waals surface area contributed by atoms with Crippen molar-refractivity contribution >= 4 is 17.9 Å². The number of carbonyl (C=O) groups excluding carboxylic acids is 2. The molecule has 0 aliphatic rings. The smallest absolute Gasteiger partial charge is 0.387 e. The van der Waals surface area contributed by atoms with Gasteiger partial charge in [-0.1, -0.05) is 18.2 Å². The Bertz CT molecular complexity index is 860. The number of ether oxygens (including phenoxy) is 2. The number of hydrogen-bond acceptors (Lipinski definition) is 5. The first-order chi connectivity index (χ1) is 13.9. The average Bonchev–Trinajstić information content (AvgIpc) is 2.71. The van der Waals surface area contributed by atoms with Crippen LogP contribution < -0.4 is 14.8 Å². The van der Waals surface area contributed by atoms with E-state index in [4.69, 9.17) is 4.74 Å². The van der Waals surface area contributed by atoms with Crippen LogP contribution >= 0.6 is 0 Å². The number of halogens is 2. The fourth-order valence-electron chi connectivity index (χ4n) is 2.42. The molecular formula is C20H21F2N3O4. The van der Waals surface area contributed by atoms with Gasteiger partial charge in [0.25, 0.3) is 0 Å². The van der Waals surface area contributed by atoms with Gasteiger partial charge in [-0.2, -0.15) is 8.78 Å². The van der Waals surface area contributed by atoms with E-state index < -0.39 is 12.5 Å². The van der Waals surface area contributed by atoms with Gasteiger partial charge in [0, 0.05) is 37.6 Å². The molecule has 0 saturated carbocycles. The maximum Gasteiger partial charge on any atom is 0.387 e. The zero-order chi connectivity index (χ0) is 21.2. The van der Waals surface area contributed by atoms with Crippen LogP contribution in [0.25, 0.3) is 6.08 Å². The molecule has 1 aromatic carbocycles. The number of hydrogen-bond donors (Lipinski definition) is 1. The number of pyridine rings is 1. The summed E-state index contributed by atoms with van der Waals surface area (Å²) in [6.07, 6.45) is 5.72. The number of aromatic nitrogens is 1. The predicted molar refractivity (Wildman–Crippen MR) is 102 cm³/mol. The van der Waals surface area contributed by atoms with E-state index in [1.807, 2.05) is 6.07 Å². The summed E-state index contributed by atoms with van der Waals surface area (Å²) in [5, 5.41) is 2.46. The molecule has 29 heavy (non-hydrogen) atoms. The van der Waals surface area contributed by atoms with Crippen LogP contribution in [-0.2, 0) is 16.1 Å². The lowest BCUT2D eigenvalue weighted by atomic mass is 10.1. The largest absolute Gasteiger partial charge is 0.493 e. The van der Waals surface area contributed by atoms with Crippen molar-refractivity contribution in [3.05, 3.63) is 59.9 Å². The van der Waals surface area contributed by atoms with Crippen LogP contribution in [0.1, 0.15) is 11.1 Å². The van der Waals surface area contributed by atoms with Gasteiger partial charge in [-0.15, -0.1) is 0 Å². The summed E-state index contributed by atoms with van der Waals surface area (Å²) < 4.78 is 34.7. The molecule has 0 saturated heterocycles. The molecule has 9 heteroatoms. The number of nitrogens with one attached hydrogen (secondary N) is 1. The molecule has 7 nitrogen and oxygen atoms in total. The van der Waals surface area contributed by atoms with Crippen molar-refractivity contribution in [2.24, 2.45) is 0 Å². The summed E-state index contributed by atoms with van der Waals surface area (Å²) in [6, 6.07) is 8.14. The third-order valence-corrected chi connectivity index (χ3v) is 3.83. The Morgan fingerprint density at radius 3 is 2.72 bits per heavy atom. The Hall–Kier alpha value is -3.49. The van der Waals surface area contributed by atoms with E-state index in [0.29, 0.717) is 6.54 Å². The highest BCUT2D eigenvalue weighted by molar-refractivity contribution is 5.94. The van der Waals surface area contributed by atoms with Crippen LogP contribution in [0, 0.1) is 0 Å². The predicted octanol–water partition coefficient (Wildman–Crippen LogP) is 2.48. The quantitative estimate of drug-likeness (QED) is 0.649.